The third kappa shape index (κ3) is 3.72. The van der Waals surface area contributed by atoms with E-state index in [1.54, 1.807) is 6.26 Å². The minimum absolute atomic E-state index is 0.191. The predicted molar refractivity (Wildman–Crippen MR) is 89.8 cm³/mol. The molecule has 136 valence electrons. The Balaban J connectivity index is 1.48. The van der Waals surface area contributed by atoms with E-state index in [1.807, 2.05) is 17.0 Å². The number of piperazine rings is 1. The summed E-state index contributed by atoms with van der Waals surface area (Å²) in [6.45, 7) is 4.63. The van der Waals surface area contributed by atoms with E-state index in [2.05, 4.69) is 9.80 Å². The van der Waals surface area contributed by atoms with Crippen molar-refractivity contribution in [2.24, 2.45) is 11.8 Å². The standard InChI is InChI=1S/C18H25N3O4/c22-17(13-3-4-13)21-6-5-20-9-14(18(23)24)8-19(10-15(20)11-21)12-16-2-1-7-25-16/h1-2,7,13-15H,3-6,8-12H2,(H,23,24)/t14-,15+/m0/s1. The summed E-state index contributed by atoms with van der Waals surface area (Å²) in [6, 6.07) is 3.96. The molecule has 2 aliphatic heterocycles. The smallest absolute Gasteiger partial charge is 0.309 e. The first kappa shape index (κ1) is 16.6. The summed E-state index contributed by atoms with van der Waals surface area (Å²) in [5, 5.41) is 9.58. The van der Waals surface area contributed by atoms with E-state index in [4.69, 9.17) is 4.42 Å². The van der Waals surface area contributed by atoms with Crippen LogP contribution in [-0.4, -0.2) is 77.0 Å². The van der Waals surface area contributed by atoms with Gasteiger partial charge in [-0.25, -0.2) is 0 Å². The van der Waals surface area contributed by atoms with Crippen molar-refractivity contribution < 1.29 is 19.1 Å². The van der Waals surface area contributed by atoms with Crippen molar-refractivity contribution in [1.82, 2.24) is 14.7 Å². The number of hydrogen-bond acceptors (Lipinski definition) is 5. The van der Waals surface area contributed by atoms with Crippen molar-refractivity contribution in [3.05, 3.63) is 24.2 Å². The van der Waals surface area contributed by atoms with E-state index in [-0.39, 0.29) is 17.9 Å². The van der Waals surface area contributed by atoms with Crippen molar-refractivity contribution >= 4 is 11.9 Å². The molecule has 1 saturated carbocycles. The van der Waals surface area contributed by atoms with Crippen LogP contribution >= 0.6 is 0 Å². The van der Waals surface area contributed by atoms with Crippen LogP contribution in [0.4, 0.5) is 0 Å². The van der Waals surface area contributed by atoms with Crippen LogP contribution in [0.1, 0.15) is 18.6 Å². The normalized spacial score (nSPS) is 28.4. The highest BCUT2D eigenvalue weighted by atomic mass is 16.4. The number of nitrogens with zero attached hydrogens (tertiary/aromatic N) is 3. The van der Waals surface area contributed by atoms with Gasteiger partial charge in [0.1, 0.15) is 5.76 Å². The highest BCUT2D eigenvalue weighted by molar-refractivity contribution is 5.81. The Morgan fingerprint density at radius 1 is 1.12 bits per heavy atom. The topological polar surface area (TPSA) is 77.2 Å². The molecule has 1 N–H and O–H groups in total. The van der Waals surface area contributed by atoms with Gasteiger partial charge in [-0.2, -0.15) is 0 Å². The van der Waals surface area contributed by atoms with Gasteiger partial charge in [0.15, 0.2) is 0 Å². The number of carbonyl (C=O) groups is 2. The number of carboxylic acids is 1. The maximum absolute atomic E-state index is 12.4. The number of rotatable bonds is 4. The summed E-state index contributed by atoms with van der Waals surface area (Å²) in [7, 11) is 0. The number of carboxylic acid groups (broad SMARTS) is 1. The van der Waals surface area contributed by atoms with Crippen LogP contribution in [0.3, 0.4) is 0 Å². The number of aliphatic carboxylic acids is 1. The quantitative estimate of drug-likeness (QED) is 0.865. The van der Waals surface area contributed by atoms with Crippen LogP contribution in [0.25, 0.3) is 0 Å². The first-order chi connectivity index (χ1) is 12.1. The van der Waals surface area contributed by atoms with Crippen molar-refractivity contribution in [2.45, 2.75) is 25.4 Å². The van der Waals surface area contributed by atoms with Gasteiger partial charge in [0.25, 0.3) is 0 Å². The Bertz CT molecular complexity index is 628. The minimum atomic E-state index is -0.749. The second kappa shape index (κ2) is 6.80. The zero-order valence-corrected chi connectivity index (χ0v) is 14.3. The number of fused-ring (bicyclic) bond motifs is 1. The van der Waals surface area contributed by atoms with E-state index in [1.165, 1.54) is 0 Å². The van der Waals surface area contributed by atoms with Gasteiger partial charge in [0.2, 0.25) is 5.91 Å². The van der Waals surface area contributed by atoms with Crippen molar-refractivity contribution in [2.75, 3.05) is 39.3 Å². The van der Waals surface area contributed by atoms with E-state index in [9.17, 15) is 14.7 Å². The summed E-state index contributed by atoms with van der Waals surface area (Å²) < 4.78 is 5.44. The summed E-state index contributed by atoms with van der Waals surface area (Å²) in [4.78, 5) is 30.5. The largest absolute Gasteiger partial charge is 0.481 e. The third-order valence-corrected chi connectivity index (χ3v) is 5.55. The van der Waals surface area contributed by atoms with E-state index < -0.39 is 11.9 Å². The Morgan fingerprint density at radius 2 is 1.96 bits per heavy atom. The highest BCUT2D eigenvalue weighted by Gasteiger charge is 2.40. The first-order valence-electron chi connectivity index (χ1n) is 9.10. The predicted octanol–water partition coefficient (Wildman–Crippen LogP) is 0.719. The Kier molecular flexibility index (Phi) is 4.52. The third-order valence-electron chi connectivity index (χ3n) is 5.55. The lowest BCUT2D eigenvalue weighted by Gasteiger charge is -2.41. The molecule has 7 nitrogen and oxygen atoms in total. The van der Waals surface area contributed by atoms with Gasteiger partial charge in [-0.15, -0.1) is 0 Å². The van der Waals surface area contributed by atoms with Crippen LogP contribution in [-0.2, 0) is 16.1 Å². The van der Waals surface area contributed by atoms with E-state index in [0.29, 0.717) is 26.2 Å². The molecule has 0 aromatic carbocycles. The Hall–Kier alpha value is -1.86. The fourth-order valence-electron chi connectivity index (χ4n) is 4.03. The number of amides is 1. The number of furan rings is 1. The summed E-state index contributed by atoms with van der Waals surface area (Å²) >= 11 is 0. The lowest BCUT2D eigenvalue weighted by atomic mass is 10.1. The van der Waals surface area contributed by atoms with Crippen LogP contribution in [0.2, 0.25) is 0 Å². The zero-order chi connectivity index (χ0) is 17.4. The van der Waals surface area contributed by atoms with Crippen LogP contribution in [0.15, 0.2) is 22.8 Å². The summed E-state index contributed by atoms with van der Waals surface area (Å²) in [5.41, 5.74) is 0. The fraction of sp³-hybridized carbons (Fsp3) is 0.667. The fourth-order valence-corrected chi connectivity index (χ4v) is 4.03. The molecule has 3 aliphatic rings. The molecule has 1 aromatic heterocycles. The highest BCUT2D eigenvalue weighted by Crippen LogP contribution is 2.32. The first-order valence-corrected chi connectivity index (χ1v) is 9.10. The maximum Gasteiger partial charge on any atom is 0.309 e. The van der Waals surface area contributed by atoms with E-state index >= 15 is 0 Å². The molecule has 2 atom stereocenters. The Morgan fingerprint density at radius 3 is 2.64 bits per heavy atom. The van der Waals surface area contributed by atoms with Crippen LogP contribution in [0, 0.1) is 11.8 Å². The molecule has 0 bridgehead atoms. The van der Waals surface area contributed by atoms with Gasteiger partial charge in [0.05, 0.1) is 18.7 Å². The van der Waals surface area contributed by atoms with Gasteiger partial charge in [0, 0.05) is 51.2 Å². The molecular formula is C18H25N3O4. The molecule has 25 heavy (non-hydrogen) atoms. The number of carbonyl (C=O) groups excluding carboxylic acids is 1. The molecule has 1 amide bonds. The molecule has 7 heteroatoms. The van der Waals surface area contributed by atoms with Crippen molar-refractivity contribution in [3.8, 4) is 0 Å². The average Bonchev–Trinajstić information content (AvgIpc) is 3.35. The van der Waals surface area contributed by atoms with Gasteiger partial charge >= 0.3 is 5.97 Å². The van der Waals surface area contributed by atoms with Crippen LogP contribution in [0.5, 0.6) is 0 Å². The summed E-state index contributed by atoms with van der Waals surface area (Å²) in [6.07, 6.45) is 3.69. The average molecular weight is 347 g/mol. The zero-order valence-electron chi connectivity index (χ0n) is 14.3. The van der Waals surface area contributed by atoms with Gasteiger partial charge in [-0.1, -0.05) is 0 Å². The molecule has 1 aliphatic carbocycles. The second-order valence-corrected chi connectivity index (χ2v) is 7.52. The van der Waals surface area contributed by atoms with Gasteiger partial charge < -0.3 is 14.4 Å². The maximum atomic E-state index is 12.4. The van der Waals surface area contributed by atoms with Gasteiger partial charge in [-0.3, -0.25) is 19.4 Å². The van der Waals surface area contributed by atoms with Crippen molar-refractivity contribution in [3.63, 3.8) is 0 Å². The molecular weight excluding hydrogens is 322 g/mol. The molecule has 0 radical (unpaired) electrons. The van der Waals surface area contributed by atoms with E-state index in [0.717, 1.165) is 38.2 Å². The Labute approximate surface area is 147 Å². The minimum Gasteiger partial charge on any atom is -0.481 e. The lowest BCUT2D eigenvalue weighted by molar-refractivity contribution is -0.143. The monoisotopic (exact) mass is 347 g/mol. The second-order valence-electron chi connectivity index (χ2n) is 7.52. The molecule has 3 heterocycles. The SMILES string of the molecule is O=C(O)[C@H]1CN(Cc2ccco2)C[C@@H]2CN(C(=O)C3CC3)CCN2C1. The molecule has 3 fully saturated rings. The van der Waals surface area contributed by atoms with Crippen LogP contribution < -0.4 is 0 Å². The summed E-state index contributed by atoms with van der Waals surface area (Å²) in [5.74, 6) is 0.214. The molecule has 0 unspecified atom stereocenters. The number of hydrogen-bond donors (Lipinski definition) is 1. The van der Waals surface area contributed by atoms with Crippen molar-refractivity contribution in [1.29, 1.82) is 0 Å². The lowest BCUT2D eigenvalue weighted by Crippen LogP contribution is -2.57. The van der Waals surface area contributed by atoms with Gasteiger partial charge in [-0.05, 0) is 25.0 Å². The molecule has 2 saturated heterocycles. The molecule has 0 spiro atoms. The molecule has 4 rings (SSSR count). The molecule has 1 aromatic rings.